The molecule has 0 amide bonds. The number of hydrogen-bond acceptors (Lipinski definition) is 2. The third-order valence-corrected chi connectivity index (χ3v) is 1.27. The molecule has 0 rings (SSSR count). The quantitative estimate of drug-likeness (QED) is 0.469. The molecule has 2 nitrogen and oxygen atoms in total. The maximum atomic E-state index is 8.17. The molecule has 3 heteroatoms. The van der Waals surface area contributed by atoms with Crippen LogP contribution in [-0.2, 0) is 0 Å². The number of thiol groups is 1. The van der Waals surface area contributed by atoms with Gasteiger partial charge in [-0.25, -0.2) is 11.5 Å². The Morgan fingerprint density at radius 2 is 2.00 bits per heavy atom. The second kappa shape index (κ2) is 3.46. The van der Waals surface area contributed by atoms with Crippen molar-refractivity contribution in [3.63, 3.8) is 0 Å². The first-order valence-corrected chi connectivity index (χ1v) is 3.36. The molecule has 0 saturated heterocycles. The Kier molecular flexibility index (Phi) is 3.62. The molecule has 0 bridgehead atoms. The third kappa shape index (κ3) is 4.27. The van der Waals surface area contributed by atoms with Crippen LogP contribution in [0.15, 0.2) is 0 Å². The van der Waals surface area contributed by atoms with Crippen LogP contribution in [0.5, 0.6) is 0 Å². The Bertz CT molecular complexity index is 30.0. The Balaban J connectivity index is 2.63. The Hall–Kier alpha value is 0.270. The summed E-state index contributed by atoms with van der Waals surface area (Å²) in [7, 11) is 0. The molecule has 0 aliphatic carbocycles. The molecule has 6 heavy (non-hydrogen) atoms. The predicted octanol–water partition coefficient (Wildman–Crippen LogP) is 1.34. The fraction of sp³-hybridized carbons (Fsp3) is 1.00. The van der Waals surface area contributed by atoms with Crippen LogP contribution in [0.25, 0.3) is 0 Å². The van der Waals surface area contributed by atoms with E-state index in [4.69, 9.17) is 9.11 Å². The first kappa shape index (κ1) is 6.27. The van der Waals surface area contributed by atoms with E-state index in [1.165, 1.54) is 0 Å². The van der Waals surface area contributed by atoms with Gasteiger partial charge in [-0.15, -0.1) is 0 Å². The van der Waals surface area contributed by atoms with Crippen LogP contribution in [0.1, 0.15) is 13.3 Å². The average molecular weight is 110 g/mol. The lowest BCUT2D eigenvalue weighted by Crippen LogP contribution is -1.80. The van der Waals surface area contributed by atoms with E-state index in [2.05, 4.69) is 0 Å². The van der Waals surface area contributed by atoms with Crippen molar-refractivity contribution in [1.82, 2.24) is 0 Å². The van der Waals surface area contributed by atoms with Gasteiger partial charge in [0.05, 0.1) is 0 Å². The topological polar surface area (TPSA) is 40.5 Å². The highest BCUT2D eigenvalue weighted by atomic mass is 32.2. The Labute approximate surface area is 40.6 Å². The maximum Gasteiger partial charge on any atom is 0.0343 e. The molecule has 0 aliphatic rings. The van der Waals surface area contributed by atoms with E-state index >= 15 is 0 Å². The third-order valence-electron chi connectivity index (χ3n) is 0.424. The Morgan fingerprint density at radius 3 is 2.00 bits per heavy atom. The van der Waals surface area contributed by atoms with Gasteiger partial charge in [0.25, 0.3) is 0 Å². The first-order valence-electron chi connectivity index (χ1n) is 1.92. The maximum absolute atomic E-state index is 8.17. The summed E-state index contributed by atoms with van der Waals surface area (Å²) in [6.07, 6.45) is 0.860. The second-order valence-electron chi connectivity index (χ2n) is 1.10. The van der Waals surface area contributed by atoms with Gasteiger partial charge in [0.15, 0.2) is 0 Å². The molecule has 0 atom stereocenters. The molecular weight excluding hydrogens is 100 g/mol. The highest BCUT2D eigenvalue weighted by Crippen LogP contribution is 2.11. The summed E-state index contributed by atoms with van der Waals surface area (Å²) in [5.41, 5.74) is 0. The highest BCUT2D eigenvalue weighted by molar-refractivity contribution is 8.06. The van der Waals surface area contributed by atoms with E-state index in [-0.39, 0.29) is 0 Å². The predicted molar refractivity (Wildman–Crippen MR) is 29.4 cm³/mol. The fourth-order valence-electron chi connectivity index (χ4n) is 0.200. The minimum atomic E-state index is -1.60. The van der Waals surface area contributed by atoms with Crippen molar-refractivity contribution in [3.05, 3.63) is 0 Å². The molecule has 0 spiro atoms. The van der Waals surface area contributed by atoms with Crippen LogP contribution < -0.4 is 0 Å². The van der Waals surface area contributed by atoms with Crippen LogP contribution in [0.3, 0.4) is 0 Å². The van der Waals surface area contributed by atoms with Crippen molar-refractivity contribution in [3.8, 4) is 0 Å². The van der Waals surface area contributed by atoms with Gasteiger partial charge in [-0.1, -0.05) is 6.92 Å². The van der Waals surface area contributed by atoms with Crippen molar-refractivity contribution >= 4 is 11.5 Å². The molecule has 0 aromatic rings. The van der Waals surface area contributed by atoms with Gasteiger partial charge >= 0.3 is 0 Å². The number of rotatable bonds is 2. The van der Waals surface area contributed by atoms with Crippen LogP contribution >= 0.6 is 11.5 Å². The van der Waals surface area contributed by atoms with Crippen LogP contribution in [0.2, 0.25) is 0 Å². The lowest BCUT2D eigenvalue weighted by atomic mass is 10.6. The van der Waals surface area contributed by atoms with Crippen molar-refractivity contribution < 1.29 is 9.11 Å². The minimum absolute atomic E-state index is 0.551. The van der Waals surface area contributed by atoms with E-state index < -0.39 is 11.5 Å². The lowest BCUT2D eigenvalue weighted by Gasteiger charge is -2.05. The summed E-state index contributed by atoms with van der Waals surface area (Å²) >= 11 is -1.60. The van der Waals surface area contributed by atoms with E-state index in [0.29, 0.717) is 5.75 Å². The van der Waals surface area contributed by atoms with E-state index in [0.717, 1.165) is 6.42 Å². The SMILES string of the molecule is CCC[SH](O)O. The van der Waals surface area contributed by atoms with Crippen LogP contribution in [0, 0.1) is 0 Å². The largest absolute Gasteiger partial charge is 0.302 e. The zero-order valence-corrected chi connectivity index (χ0v) is 4.65. The zero-order valence-electron chi connectivity index (χ0n) is 3.76. The standard InChI is InChI=1S/C3H10O2S/c1-2-3-6(4)5/h4-6H,2-3H2,1H3. The summed E-state index contributed by atoms with van der Waals surface area (Å²) in [5.74, 6) is 0.551. The molecule has 0 aliphatic heterocycles. The fourth-order valence-corrected chi connectivity index (χ4v) is 0.600. The van der Waals surface area contributed by atoms with Gasteiger partial charge in [-0.3, -0.25) is 0 Å². The normalized spacial score (nSPS) is 11.5. The van der Waals surface area contributed by atoms with Crippen LogP contribution in [0.4, 0.5) is 0 Å². The van der Waals surface area contributed by atoms with Crippen LogP contribution in [-0.4, -0.2) is 14.9 Å². The van der Waals surface area contributed by atoms with Gasteiger partial charge in [0.1, 0.15) is 0 Å². The summed E-state index contributed by atoms with van der Waals surface area (Å²) in [4.78, 5) is 0. The molecule has 0 aromatic heterocycles. The average Bonchev–Trinajstić information content (AvgIpc) is 1.35. The van der Waals surface area contributed by atoms with E-state index in [1.54, 1.807) is 0 Å². The molecule has 0 fully saturated rings. The smallest absolute Gasteiger partial charge is 0.0343 e. The zero-order chi connectivity index (χ0) is 4.99. The first-order chi connectivity index (χ1) is 2.77. The monoisotopic (exact) mass is 110 g/mol. The van der Waals surface area contributed by atoms with Gasteiger partial charge in [-0.2, -0.15) is 0 Å². The van der Waals surface area contributed by atoms with Gasteiger partial charge < -0.3 is 9.11 Å². The van der Waals surface area contributed by atoms with Crippen molar-refractivity contribution in [2.75, 3.05) is 5.75 Å². The molecule has 0 saturated carbocycles. The van der Waals surface area contributed by atoms with Crippen molar-refractivity contribution in [2.45, 2.75) is 13.3 Å². The summed E-state index contributed by atoms with van der Waals surface area (Å²) in [6, 6.07) is 0. The van der Waals surface area contributed by atoms with E-state index in [1.807, 2.05) is 6.92 Å². The summed E-state index contributed by atoms with van der Waals surface area (Å²) in [5, 5.41) is 0. The summed E-state index contributed by atoms with van der Waals surface area (Å²) in [6.45, 7) is 1.92. The van der Waals surface area contributed by atoms with Gasteiger partial charge in [-0.05, 0) is 6.42 Å². The van der Waals surface area contributed by atoms with Gasteiger partial charge in [0, 0.05) is 5.75 Å². The van der Waals surface area contributed by atoms with Crippen molar-refractivity contribution in [2.24, 2.45) is 0 Å². The molecule has 0 unspecified atom stereocenters. The molecule has 40 valence electrons. The minimum Gasteiger partial charge on any atom is -0.302 e. The molecule has 0 heterocycles. The molecule has 2 N–H and O–H groups in total. The van der Waals surface area contributed by atoms with Crippen molar-refractivity contribution in [1.29, 1.82) is 0 Å². The molecule has 0 radical (unpaired) electrons. The van der Waals surface area contributed by atoms with Gasteiger partial charge in [0.2, 0.25) is 0 Å². The number of hydrogen-bond donors (Lipinski definition) is 3. The Morgan fingerprint density at radius 1 is 1.50 bits per heavy atom. The molecule has 0 aromatic carbocycles. The van der Waals surface area contributed by atoms with E-state index in [9.17, 15) is 0 Å². The highest BCUT2D eigenvalue weighted by Gasteiger charge is 1.79. The lowest BCUT2D eigenvalue weighted by molar-refractivity contribution is 0.514. The summed E-state index contributed by atoms with van der Waals surface area (Å²) < 4.78 is 16.3. The second-order valence-corrected chi connectivity index (χ2v) is 2.29. The molecular formula is C3H10O2S.